The van der Waals surface area contributed by atoms with Crippen molar-refractivity contribution in [3.05, 3.63) is 40.0 Å². The molecule has 4 heteroatoms. The van der Waals surface area contributed by atoms with Gasteiger partial charge in [-0.2, -0.15) is 0 Å². The maximum atomic E-state index is 4.48. The molecule has 0 bridgehead atoms. The Bertz CT molecular complexity index is 451. The summed E-state index contributed by atoms with van der Waals surface area (Å²) in [7, 11) is 0. The van der Waals surface area contributed by atoms with Crippen LogP contribution in [0.5, 0.6) is 0 Å². The van der Waals surface area contributed by atoms with Gasteiger partial charge < -0.3 is 5.32 Å². The molecule has 0 aromatic carbocycles. The largest absolute Gasteiger partial charge is 0.370 e. The van der Waals surface area contributed by atoms with E-state index in [1.54, 1.807) is 11.3 Å². The van der Waals surface area contributed by atoms with Crippen molar-refractivity contribution in [2.75, 3.05) is 11.9 Å². The molecule has 84 valence electrons. The molecule has 0 aliphatic heterocycles. The molecule has 2 aromatic rings. The van der Waals surface area contributed by atoms with Crippen molar-refractivity contribution < 1.29 is 0 Å². The maximum absolute atomic E-state index is 4.48. The van der Waals surface area contributed by atoms with E-state index in [4.69, 9.17) is 0 Å². The van der Waals surface area contributed by atoms with Crippen molar-refractivity contribution >= 4 is 17.2 Å². The van der Waals surface area contributed by atoms with Gasteiger partial charge in [-0.3, -0.25) is 0 Å². The first kappa shape index (κ1) is 11.1. The molecule has 0 saturated heterocycles. The number of nitrogens with one attached hydrogen (secondary N) is 1. The van der Waals surface area contributed by atoms with Crippen LogP contribution < -0.4 is 5.32 Å². The normalized spacial score (nSPS) is 10.4. The van der Waals surface area contributed by atoms with Crippen LogP contribution in [-0.4, -0.2) is 16.5 Å². The van der Waals surface area contributed by atoms with Crippen LogP contribution in [0.3, 0.4) is 0 Å². The first-order valence-electron chi connectivity index (χ1n) is 5.38. The van der Waals surface area contributed by atoms with E-state index < -0.39 is 0 Å². The van der Waals surface area contributed by atoms with Gasteiger partial charge in [-0.05, 0) is 25.3 Å². The van der Waals surface area contributed by atoms with Crippen LogP contribution >= 0.6 is 11.3 Å². The second-order valence-corrected chi connectivity index (χ2v) is 4.63. The Hall–Kier alpha value is -1.42. The molecule has 0 radical (unpaired) electrons. The Balaban J connectivity index is 2.20. The molecule has 0 spiro atoms. The minimum absolute atomic E-state index is 0.817. The van der Waals surface area contributed by atoms with Gasteiger partial charge in [0.05, 0.1) is 0 Å². The zero-order valence-electron chi connectivity index (χ0n) is 9.53. The molecule has 0 saturated carbocycles. The quantitative estimate of drug-likeness (QED) is 0.882. The summed E-state index contributed by atoms with van der Waals surface area (Å²) in [6.45, 7) is 4.95. The summed E-state index contributed by atoms with van der Waals surface area (Å²) in [6.07, 6.45) is 0.817. The molecule has 0 aliphatic rings. The fourth-order valence-corrected chi connectivity index (χ4v) is 2.25. The highest BCUT2D eigenvalue weighted by Crippen LogP contribution is 2.14. The molecule has 2 rings (SSSR count). The molecular formula is C12H15N3S. The Morgan fingerprint density at radius 2 is 2.25 bits per heavy atom. The fourth-order valence-electron chi connectivity index (χ4n) is 1.55. The third kappa shape index (κ3) is 2.79. The third-order valence-corrected chi connectivity index (χ3v) is 3.05. The molecule has 0 amide bonds. The van der Waals surface area contributed by atoms with E-state index in [1.807, 2.05) is 13.0 Å². The average Bonchev–Trinajstić information content (AvgIpc) is 2.70. The van der Waals surface area contributed by atoms with E-state index in [0.717, 1.165) is 30.3 Å². The lowest BCUT2D eigenvalue weighted by molar-refractivity contribution is 0.947. The van der Waals surface area contributed by atoms with Gasteiger partial charge in [-0.25, -0.2) is 9.97 Å². The summed E-state index contributed by atoms with van der Waals surface area (Å²) in [5, 5.41) is 5.30. The molecule has 0 atom stereocenters. The zero-order valence-corrected chi connectivity index (χ0v) is 10.3. The van der Waals surface area contributed by atoms with Gasteiger partial charge in [0.1, 0.15) is 11.6 Å². The minimum atomic E-state index is 0.817. The van der Waals surface area contributed by atoms with Crippen LogP contribution in [0.2, 0.25) is 0 Å². The van der Waals surface area contributed by atoms with Crippen molar-refractivity contribution in [1.82, 2.24) is 9.97 Å². The molecular weight excluding hydrogens is 218 g/mol. The second-order valence-electron chi connectivity index (χ2n) is 3.60. The predicted molar refractivity (Wildman–Crippen MR) is 68.1 cm³/mol. The number of hydrogen-bond donors (Lipinski definition) is 1. The standard InChI is InChI=1S/C12H15N3S/c1-3-13-11-7-9(2)14-12(15-11)8-10-5-4-6-16-10/h4-7H,3,8H2,1-2H3,(H,13,14,15). The highest BCUT2D eigenvalue weighted by molar-refractivity contribution is 7.09. The fraction of sp³-hybridized carbons (Fsp3) is 0.333. The Labute approximate surface area is 99.6 Å². The van der Waals surface area contributed by atoms with Crippen LogP contribution in [0.15, 0.2) is 23.6 Å². The van der Waals surface area contributed by atoms with E-state index >= 15 is 0 Å². The van der Waals surface area contributed by atoms with Gasteiger partial charge in [0.15, 0.2) is 0 Å². The van der Waals surface area contributed by atoms with E-state index in [2.05, 4.69) is 39.7 Å². The van der Waals surface area contributed by atoms with E-state index in [9.17, 15) is 0 Å². The molecule has 0 unspecified atom stereocenters. The topological polar surface area (TPSA) is 37.8 Å². The summed E-state index contributed by atoms with van der Waals surface area (Å²) >= 11 is 1.74. The van der Waals surface area contributed by atoms with E-state index in [0.29, 0.717) is 0 Å². The summed E-state index contributed by atoms with van der Waals surface area (Å²) in [6, 6.07) is 6.14. The first-order valence-corrected chi connectivity index (χ1v) is 6.26. The molecule has 2 heterocycles. The SMILES string of the molecule is CCNc1cc(C)nc(Cc2cccs2)n1. The van der Waals surface area contributed by atoms with Gasteiger partial charge in [0.2, 0.25) is 0 Å². The van der Waals surface area contributed by atoms with Crippen LogP contribution in [0, 0.1) is 6.92 Å². The van der Waals surface area contributed by atoms with Crippen molar-refractivity contribution in [3.63, 3.8) is 0 Å². The van der Waals surface area contributed by atoms with Gasteiger partial charge in [-0.1, -0.05) is 6.07 Å². The predicted octanol–water partition coefficient (Wildman–Crippen LogP) is 2.87. The maximum Gasteiger partial charge on any atom is 0.136 e. The van der Waals surface area contributed by atoms with Crippen molar-refractivity contribution in [2.24, 2.45) is 0 Å². The summed E-state index contributed by atoms with van der Waals surface area (Å²) in [4.78, 5) is 10.2. The number of aromatic nitrogens is 2. The van der Waals surface area contributed by atoms with Gasteiger partial charge in [-0.15, -0.1) is 11.3 Å². The lowest BCUT2D eigenvalue weighted by atomic mass is 10.3. The first-order chi connectivity index (χ1) is 7.78. The highest BCUT2D eigenvalue weighted by atomic mass is 32.1. The summed E-state index contributed by atoms with van der Waals surface area (Å²) in [5.41, 5.74) is 1.01. The average molecular weight is 233 g/mol. The Morgan fingerprint density at radius 1 is 1.38 bits per heavy atom. The third-order valence-electron chi connectivity index (χ3n) is 2.17. The summed E-state index contributed by atoms with van der Waals surface area (Å²) < 4.78 is 0. The molecule has 0 fully saturated rings. The lowest BCUT2D eigenvalue weighted by Crippen LogP contribution is -2.04. The zero-order chi connectivity index (χ0) is 11.4. The van der Waals surface area contributed by atoms with Crippen LogP contribution in [0.25, 0.3) is 0 Å². The lowest BCUT2D eigenvalue weighted by Gasteiger charge is -2.05. The number of hydrogen-bond acceptors (Lipinski definition) is 4. The highest BCUT2D eigenvalue weighted by Gasteiger charge is 2.03. The molecule has 1 N–H and O–H groups in total. The van der Waals surface area contributed by atoms with Crippen LogP contribution in [0.4, 0.5) is 5.82 Å². The smallest absolute Gasteiger partial charge is 0.136 e. The minimum Gasteiger partial charge on any atom is -0.370 e. The van der Waals surface area contributed by atoms with Crippen LogP contribution in [0.1, 0.15) is 23.3 Å². The monoisotopic (exact) mass is 233 g/mol. The summed E-state index contributed by atoms with van der Waals surface area (Å²) in [5.74, 6) is 1.81. The molecule has 0 aliphatic carbocycles. The Kier molecular flexibility index (Phi) is 3.51. The Morgan fingerprint density at radius 3 is 2.94 bits per heavy atom. The van der Waals surface area contributed by atoms with E-state index in [1.165, 1.54) is 4.88 Å². The number of anilines is 1. The second kappa shape index (κ2) is 5.07. The number of nitrogens with zero attached hydrogens (tertiary/aromatic N) is 2. The molecule has 3 nitrogen and oxygen atoms in total. The number of rotatable bonds is 4. The number of aryl methyl sites for hydroxylation is 1. The van der Waals surface area contributed by atoms with Gasteiger partial charge in [0.25, 0.3) is 0 Å². The molecule has 2 aromatic heterocycles. The van der Waals surface area contributed by atoms with Crippen molar-refractivity contribution in [3.8, 4) is 0 Å². The van der Waals surface area contributed by atoms with E-state index in [-0.39, 0.29) is 0 Å². The van der Waals surface area contributed by atoms with Crippen LogP contribution in [-0.2, 0) is 6.42 Å². The van der Waals surface area contributed by atoms with Crippen molar-refractivity contribution in [1.29, 1.82) is 0 Å². The number of thiophene rings is 1. The van der Waals surface area contributed by atoms with Gasteiger partial charge >= 0.3 is 0 Å². The van der Waals surface area contributed by atoms with Gasteiger partial charge in [0, 0.05) is 29.6 Å². The van der Waals surface area contributed by atoms with Crippen molar-refractivity contribution in [2.45, 2.75) is 20.3 Å². The molecule has 16 heavy (non-hydrogen) atoms.